The molecule has 2 N–H and O–H groups in total. The molecule has 4 heteroatoms. The van der Waals surface area contributed by atoms with Gasteiger partial charge in [-0.3, -0.25) is 4.79 Å². The molecule has 0 aliphatic carbocycles. The first-order valence-corrected chi connectivity index (χ1v) is 9.00. The van der Waals surface area contributed by atoms with Crippen LogP contribution in [0.3, 0.4) is 0 Å². The van der Waals surface area contributed by atoms with Crippen LogP contribution in [0.5, 0.6) is 5.75 Å². The van der Waals surface area contributed by atoms with Gasteiger partial charge in [0.2, 0.25) is 0 Å². The van der Waals surface area contributed by atoms with Crippen molar-refractivity contribution in [3.63, 3.8) is 0 Å². The van der Waals surface area contributed by atoms with Gasteiger partial charge in [0.25, 0.3) is 5.91 Å². The first kappa shape index (κ1) is 16.3. The maximum absolute atomic E-state index is 12.1. The predicted molar refractivity (Wildman–Crippen MR) is 113 cm³/mol. The average Bonchev–Trinajstić information content (AvgIpc) is 2.74. The Labute approximate surface area is 161 Å². The summed E-state index contributed by atoms with van der Waals surface area (Å²) in [6.45, 7) is 0. The quantitative estimate of drug-likeness (QED) is 0.267. The first-order chi connectivity index (χ1) is 13.7. The van der Waals surface area contributed by atoms with Gasteiger partial charge >= 0.3 is 0 Å². The number of hydrogen-bond donors (Lipinski definition) is 2. The SMILES string of the molecule is O=C(N/N=C/c1cc2ccc3cccc4ccc(c1O)c2c34)c1ccccc1. The molecule has 0 spiro atoms. The van der Waals surface area contributed by atoms with E-state index in [1.807, 2.05) is 36.4 Å². The summed E-state index contributed by atoms with van der Waals surface area (Å²) in [6.07, 6.45) is 1.48. The number of nitrogens with one attached hydrogen (secondary N) is 1. The number of carbonyl (C=O) groups is 1. The standard InChI is InChI=1S/C24H16N2O2/c27-23-19(14-25-26-24(28)17-5-2-1-3-6-17)13-18-10-9-15-7-4-8-16-11-12-20(23)22(18)21(15)16/h1-14,27H,(H,26,28)/b25-14+. The second-order valence-electron chi connectivity index (χ2n) is 6.74. The summed E-state index contributed by atoms with van der Waals surface area (Å²) in [4.78, 5) is 12.1. The molecule has 0 atom stereocenters. The Morgan fingerprint density at radius 2 is 1.54 bits per heavy atom. The Balaban J connectivity index is 1.57. The van der Waals surface area contributed by atoms with Gasteiger partial charge in [-0.2, -0.15) is 5.10 Å². The van der Waals surface area contributed by atoms with E-state index in [-0.39, 0.29) is 11.7 Å². The highest BCUT2D eigenvalue weighted by Gasteiger charge is 2.13. The fraction of sp³-hybridized carbons (Fsp3) is 0. The summed E-state index contributed by atoms with van der Waals surface area (Å²) in [5, 5.41) is 21.1. The maximum atomic E-state index is 12.1. The molecular weight excluding hydrogens is 348 g/mol. The normalized spacial score (nSPS) is 11.7. The van der Waals surface area contributed by atoms with Gasteiger partial charge in [0.05, 0.1) is 6.21 Å². The molecule has 5 aromatic rings. The molecule has 5 aromatic carbocycles. The fourth-order valence-corrected chi connectivity index (χ4v) is 3.73. The molecule has 1 amide bonds. The minimum absolute atomic E-state index is 0.156. The van der Waals surface area contributed by atoms with Crippen molar-refractivity contribution in [1.82, 2.24) is 5.43 Å². The van der Waals surface area contributed by atoms with Crippen LogP contribution in [-0.2, 0) is 0 Å². The van der Waals surface area contributed by atoms with Gasteiger partial charge in [-0.15, -0.1) is 0 Å². The van der Waals surface area contributed by atoms with Crippen molar-refractivity contribution >= 4 is 44.4 Å². The van der Waals surface area contributed by atoms with Crippen molar-refractivity contribution in [2.24, 2.45) is 5.10 Å². The fourth-order valence-electron chi connectivity index (χ4n) is 3.73. The van der Waals surface area contributed by atoms with Crippen LogP contribution in [0.15, 0.2) is 84.0 Å². The lowest BCUT2D eigenvalue weighted by molar-refractivity contribution is 0.0955. The second-order valence-corrected chi connectivity index (χ2v) is 6.74. The van der Waals surface area contributed by atoms with E-state index in [1.54, 1.807) is 24.3 Å². The van der Waals surface area contributed by atoms with E-state index in [4.69, 9.17) is 0 Å². The van der Waals surface area contributed by atoms with Crippen molar-refractivity contribution < 1.29 is 9.90 Å². The Bertz CT molecular complexity index is 1340. The molecule has 0 heterocycles. The molecule has 0 unspecified atom stereocenters. The number of phenolic OH excluding ortho intramolecular Hbond substituents is 1. The number of amides is 1. The number of rotatable bonds is 3. The van der Waals surface area contributed by atoms with Crippen LogP contribution in [0.4, 0.5) is 0 Å². The van der Waals surface area contributed by atoms with E-state index in [9.17, 15) is 9.90 Å². The molecule has 28 heavy (non-hydrogen) atoms. The van der Waals surface area contributed by atoms with Gasteiger partial charge in [-0.25, -0.2) is 5.43 Å². The molecule has 0 saturated carbocycles. The largest absolute Gasteiger partial charge is 0.507 e. The minimum Gasteiger partial charge on any atom is -0.507 e. The topological polar surface area (TPSA) is 61.7 Å². The molecular formula is C24H16N2O2. The van der Waals surface area contributed by atoms with E-state index in [0.29, 0.717) is 11.1 Å². The molecule has 0 radical (unpaired) electrons. The first-order valence-electron chi connectivity index (χ1n) is 9.00. The van der Waals surface area contributed by atoms with Gasteiger partial charge in [-0.1, -0.05) is 54.6 Å². The zero-order valence-electron chi connectivity index (χ0n) is 14.9. The van der Waals surface area contributed by atoms with Gasteiger partial charge in [-0.05, 0) is 45.8 Å². The van der Waals surface area contributed by atoms with Gasteiger partial charge in [0.1, 0.15) is 5.75 Å². The highest BCUT2D eigenvalue weighted by atomic mass is 16.3. The molecule has 0 saturated heterocycles. The second kappa shape index (κ2) is 6.35. The van der Waals surface area contributed by atoms with Crippen LogP contribution in [-0.4, -0.2) is 17.2 Å². The molecule has 4 nitrogen and oxygen atoms in total. The molecule has 5 rings (SSSR count). The lowest BCUT2D eigenvalue weighted by atomic mass is 9.92. The number of hydrazone groups is 1. The maximum Gasteiger partial charge on any atom is 0.271 e. The third-order valence-electron chi connectivity index (χ3n) is 5.05. The molecule has 134 valence electrons. The van der Waals surface area contributed by atoms with Crippen molar-refractivity contribution in [1.29, 1.82) is 0 Å². The van der Waals surface area contributed by atoms with E-state index < -0.39 is 0 Å². The van der Waals surface area contributed by atoms with Gasteiger partial charge in [0, 0.05) is 21.9 Å². The summed E-state index contributed by atoms with van der Waals surface area (Å²) in [5.41, 5.74) is 3.59. The summed E-state index contributed by atoms with van der Waals surface area (Å²) in [7, 11) is 0. The molecule has 0 fully saturated rings. The lowest BCUT2D eigenvalue weighted by Crippen LogP contribution is -2.17. The monoisotopic (exact) mass is 364 g/mol. The van der Waals surface area contributed by atoms with Crippen molar-refractivity contribution in [3.05, 3.63) is 90.0 Å². The zero-order chi connectivity index (χ0) is 19.1. The number of hydrogen-bond acceptors (Lipinski definition) is 3. The smallest absolute Gasteiger partial charge is 0.271 e. The van der Waals surface area contributed by atoms with Crippen LogP contribution in [0.25, 0.3) is 32.3 Å². The molecule has 0 aromatic heterocycles. The van der Waals surface area contributed by atoms with Crippen LogP contribution >= 0.6 is 0 Å². The van der Waals surface area contributed by atoms with Gasteiger partial charge in [0.15, 0.2) is 0 Å². The number of carbonyl (C=O) groups excluding carboxylic acids is 1. The van der Waals surface area contributed by atoms with Gasteiger partial charge < -0.3 is 5.11 Å². The Morgan fingerprint density at radius 1 is 0.821 bits per heavy atom. The number of phenols is 1. The summed E-state index contributed by atoms with van der Waals surface area (Å²) < 4.78 is 0. The van der Waals surface area contributed by atoms with Crippen molar-refractivity contribution in [3.8, 4) is 5.75 Å². The average molecular weight is 364 g/mol. The minimum atomic E-state index is -0.297. The van der Waals surface area contributed by atoms with Crippen LogP contribution in [0.1, 0.15) is 15.9 Å². The lowest BCUT2D eigenvalue weighted by Gasteiger charge is -2.13. The highest BCUT2D eigenvalue weighted by Crippen LogP contribution is 2.39. The van der Waals surface area contributed by atoms with E-state index in [0.717, 1.165) is 32.3 Å². The molecule has 0 aliphatic rings. The molecule has 0 bridgehead atoms. The number of aromatic hydroxyl groups is 1. The zero-order valence-corrected chi connectivity index (χ0v) is 14.9. The van der Waals surface area contributed by atoms with E-state index in [1.165, 1.54) is 6.21 Å². The summed E-state index contributed by atoms with van der Waals surface area (Å²) in [5.74, 6) is -0.141. The van der Waals surface area contributed by atoms with Crippen LogP contribution in [0.2, 0.25) is 0 Å². The summed E-state index contributed by atoms with van der Waals surface area (Å²) >= 11 is 0. The molecule has 0 aliphatic heterocycles. The van der Waals surface area contributed by atoms with Crippen molar-refractivity contribution in [2.75, 3.05) is 0 Å². The summed E-state index contributed by atoms with van der Waals surface area (Å²) in [6, 6.07) is 25.0. The Morgan fingerprint density at radius 3 is 2.32 bits per heavy atom. The number of benzene rings is 5. The van der Waals surface area contributed by atoms with Crippen LogP contribution in [0, 0.1) is 0 Å². The third-order valence-corrected chi connectivity index (χ3v) is 5.05. The Hall–Kier alpha value is -3.92. The van der Waals surface area contributed by atoms with E-state index in [2.05, 4.69) is 28.7 Å². The van der Waals surface area contributed by atoms with E-state index >= 15 is 0 Å². The third kappa shape index (κ3) is 2.55. The predicted octanol–water partition coefficient (Wildman–Crippen LogP) is 5.05. The highest BCUT2D eigenvalue weighted by molar-refractivity contribution is 6.25. The number of nitrogens with zero attached hydrogens (tertiary/aromatic N) is 1. The van der Waals surface area contributed by atoms with Crippen LogP contribution < -0.4 is 5.43 Å². The van der Waals surface area contributed by atoms with Crippen molar-refractivity contribution in [2.45, 2.75) is 0 Å². The Kier molecular flexibility index (Phi) is 3.69.